The Hall–Kier alpha value is -2.09. The van der Waals surface area contributed by atoms with Crippen LogP contribution >= 0.6 is 0 Å². The molecule has 0 aliphatic rings. The van der Waals surface area contributed by atoms with Gasteiger partial charge in [0.15, 0.2) is 0 Å². The van der Waals surface area contributed by atoms with Crippen molar-refractivity contribution >= 4 is 11.5 Å². The molecule has 2 aromatic carbocycles. The first-order chi connectivity index (χ1) is 9.94. The topological polar surface area (TPSA) is 43.1 Å². The minimum atomic E-state index is 0.226. The summed E-state index contributed by atoms with van der Waals surface area (Å²) in [5.74, 6) is 0.508. The molecule has 2 rings (SSSR count). The molecule has 1 atom stereocenters. The van der Waals surface area contributed by atoms with Gasteiger partial charge in [0.05, 0.1) is 0 Å². The van der Waals surface area contributed by atoms with E-state index in [1.807, 2.05) is 24.3 Å². The fourth-order valence-electron chi connectivity index (χ4n) is 2.75. The zero-order valence-corrected chi connectivity index (χ0v) is 13.0. The van der Waals surface area contributed by atoms with Gasteiger partial charge in [0.1, 0.15) is 5.78 Å². The monoisotopic (exact) mass is 281 g/mol. The molecule has 0 radical (unpaired) electrons. The van der Waals surface area contributed by atoms with Gasteiger partial charge in [0.25, 0.3) is 0 Å². The van der Waals surface area contributed by atoms with Crippen molar-refractivity contribution in [3.8, 4) is 0 Å². The van der Waals surface area contributed by atoms with E-state index >= 15 is 0 Å². The molecule has 0 aliphatic heterocycles. The Labute approximate surface area is 127 Å². The average Bonchev–Trinajstić information content (AvgIpc) is 2.37. The van der Waals surface area contributed by atoms with Crippen LogP contribution in [0.2, 0.25) is 0 Å². The van der Waals surface area contributed by atoms with E-state index in [4.69, 9.17) is 5.73 Å². The Bertz CT molecular complexity index is 608. The standard InChI is InChI=1S/C19H23NO/c1-13-8-14(2)10-16(9-13)12-19(21)11-15(3)17-4-6-18(20)7-5-17/h4-10,15H,11-12,20H2,1-3H3. The van der Waals surface area contributed by atoms with E-state index in [1.165, 1.54) is 11.1 Å². The SMILES string of the molecule is Cc1cc(C)cc(CC(=O)CC(C)c2ccc(N)cc2)c1. The number of rotatable bonds is 5. The van der Waals surface area contributed by atoms with Gasteiger partial charge >= 0.3 is 0 Å². The number of ketones is 1. The lowest BCUT2D eigenvalue weighted by Gasteiger charge is -2.12. The number of hydrogen-bond donors (Lipinski definition) is 1. The summed E-state index contributed by atoms with van der Waals surface area (Å²) >= 11 is 0. The molecule has 2 aromatic rings. The first-order valence-electron chi connectivity index (χ1n) is 7.38. The molecular formula is C19H23NO. The first kappa shape index (κ1) is 15.3. The molecule has 0 saturated heterocycles. The van der Waals surface area contributed by atoms with Crippen molar-refractivity contribution in [2.24, 2.45) is 0 Å². The van der Waals surface area contributed by atoms with Gasteiger partial charge < -0.3 is 5.73 Å². The summed E-state index contributed by atoms with van der Waals surface area (Å²) in [6.07, 6.45) is 1.08. The molecule has 1 unspecified atom stereocenters. The van der Waals surface area contributed by atoms with E-state index in [2.05, 4.69) is 39.0 Å². The lowest BCUT2D eigenvalue weighted by molar-refractivity contribution is -0.118. The van der Waals surface area contributed by atoms with Crippen LogP contribution in [0.1, 0.15) is 41.5 Å². The van der Waals surface area contributed by atoms with Crippen LogP contribution in [0.25, 0.3) is 0 Å². The summed E-state index contributed by atoms with van der Waals surface area (Å²) in [7, 11) is 0. The van der Waals surface area contributed by atoms with E-state index in [0.29, 0.717) is 12.8 Å². The third kappa shape index (κ3) is 4.45. The summed E-state index contributed by atoms with van der Waals surface area (Å²) in [5.41, 5.74) is 11.2. The minimum Gasteiger partial charge on any atom is -0.399 e. The Morgan fingerprint density at radius 2 is 1.62 bits per heavy atom. The molecule has 110 valence electrons. The van der Waals surface area contributed by atoms with E-state index in [0.717, 1.165) is 16.8 Å². The van der Waals surface area contributed by atoms with Crippen molar-refractivity contribution in [2.45, 2.75) is 39.5 Å². The van der Waals surface area contributed by atoms with Gasteiger partial charge in [-0.15, -0.1) is 0 Å². The molecule has 0 bridgehead atoms. The number of hydrogen-bond acceptors (Lipinski definition) is 2. The molecule has 2 heteroatoms. The lowest BCUT2D eigenvalue weighted by Crippen LogP contribution is -2.08. The molecular weight excluding hydrogens is 258 g/mol. The Morgan fingerprint density at radius 1 is 1.05 bits per heavy atom. The molecule has 0 fully saturated rings. The van der Waals surface area contributed by atoms with Crippen LogP contribution in [0.3, 0.4) is 0 Å². The van der Waals surface area contributed by atoms with Crippen molar-refractivity contribution in [3.63, 3.8) is 0 Å². The number of anilines is 1. The van der Waals surface area contributed by atoms with Gasteiger partial charge in [0, 0.05) is 18.5 Å². The predicted octanol–water partition coefficient (Wildman–Crippen LogP) is 4.19. The molecule has 21 heavy (non-hydrogen) atoms. The third-order valence-electron chi connectivity index (χ3n) is 3.72. The fourth-order valence-corrected chi connectivity index (χ4v) is 2.75. The second kappa shape index (κ2) is 6.57. The average molecular weight is 281 g/mol. The Kier molecular flexibility index (Phi) is 4.79. The maximum absolute atomic E-state index is 12.3. The van der Waals surface area contributed by atoms with Crippen LogP contribution in [-0.4, -0.2) is 5.78 Å². The molecule has 0 heterocycles. The van der Waals surface area contributed by atoms with Crippen LogP contribution in [0.5, 0.6) is 0 Å². The van der Waals surface area contributed by atoms with Crippen molar-refractivity contribution in [3.05, 3.63) is 64.7 Å². The summed E-state index contributed by atoms with van der Waals surface area (Å²) < 4.78 is 0. The van der Waals surface area contributed by atoms with Gasteiger partial charge in [-0.3, -0.25) is 4.79 Å². The van der Waals surface area contributed by atoms with Gasteiger partial charge in [0.2, 0.25) is 0 Å². The zero-order valence-electron chi connectivity index (χ0n) is 13.0. The number of nitrogens with two attached hydrogens (primary N) is 1. The van der Waals surface area contributed by atoms with Crippen LogP contribution in [0.15, 0.2) is 42.5 Å². The Morgan fingerprint density at radius 3 is 2.19 bits per heavy atom. The summed E-state index contributed by atoms with van der Waals surface area (Å²) in [6.45, 7) is 6.22. The highest BCUT2D eigenvalue weighted by Crippen LogP contribution is 2.21. The normalized spacial score (nSPS) is 12.1. The summed E-state index contributed by atoms with van der Waals surface area (Å²) in [6, 6.07) is 14.1. The molecule has 2 N–H and O–H groups in total. The number of carbonyl (C=O) groups excluding carboxylic acids is 1. The number of aryl methyl sites for hydroxylation is 2. The number of benzene rings is 2. The fraction of sp³-hybridized carbons (Fsp3) is 0.316. The quantitative estimate of drug-likeness (QED) is 0.835. The van der Waals surface area contributed by atoms with Gasteiger partial charge in [-0.2, -0.15) is 0 Å². The van der Waals surface area contributed by atoms with Crippen molar-refractivity contribution in [1.82, 2.24) is 0 Å². The lowest BCUT2D eigenvalue weighted by atomic mass is 9.93. The zero-order chi connectivity index (χ0) is 15.4. The summed E-state index contributed by atoms with van der Waals surface area (Å²) in [4.78, 5) is 12.3. The van der Waals surface area contributed by atoms with Crippen LogP contribution in [0, 0.1) is 13.8 Å². The number of Topliss-reactive ketones (excluding diaryl/α,β-unsaturated/α-hetero) is 1. The van der Waals surface area contributed by atoms with Gasteiger partial charge in [-0.1, -0.05) is 48.4 Å². The largest absolute Gasteiger partial charge is 0.399 e. The predicted molar refractivity (Wildman–Crippen MR) is 88.5 cm³/mol. The summed E-state index contributed by atoms with van der Waals surface area (Å²) in [5, 5.41) is 0. The van der Waals surface area contributed by atoms with Crippen molar-refractivity contribution in [1.29, 1.82) is 0 Å². The Balaban J connectivity index is 1.99. The smallest absolute Gasteiger partial charge is 0.137 e. The van der Waals surface area contributed by atoms with Crippen LogP contribution in [-0.2, 0) is 11.2 Å². The second-order valence-electron chi connectivity index (χ2n) is 5.98. The first-order valence-corrected chi connectivity index (χ1v) is 7.38. The van der Waals surface area contributed by atoms with Crippen LogP contribution < -0.4 is 5.73 Å². The number of nitrogen functional groups attached to an aromatic ring is 1. The highest BCUT2D eigenvalue weighted by molar-refractivity contribution is 5.81. The molecule has 0 saturated carbocycles. The van der Waals surface area contributed by atoms with E-state index in [-0.39, 0.29) is 11.7 Å². The van der Waals surface area contributed by atoms with Crippen LogP contribution in [0.4, 0.5) is 5.69 Å². The highest BCUT2D eigenvalue weighted by Gasteiger charge is 2.12. The maximum Gasteiger partial charge on any atom is 0.137 e. The molecule has 2 nitrogen and oxygen atoms in total. The van der Waals surface area contributed by atoms with Gasteiger partial charge in [-0.25, -0.2) is 0 Å². The van der Waals surface area contributed by atoms with E-state index in [1.54, 1.807) is 0 Å². The van der Waals surface area contributed by atoms with E-state index < -0.39 is 0 Å². The van der Waals surface area contributed by atoms with Crippen molar-refractivity contribution < 1.29 is 4.79 Å². The van der Waals surface area contributed by atoms with Crippen molar-refractivity contribution in [2.75, 3.05) is 5.73 Å². The minimum absolute atomic E-state index is 0.226. The molecule has 0 amide bonds. The molecule has 0 aliphatic carbocycles. The second-order valence-corrected chi connectivity index (χ2v) is 5.98. The third-order valence-corrected chi connectivity index (χ3v) is 3.72. The van der Waals surface area contributed by atoms with Gasteiger partial charge in [-0.05, 0) is 43.0 Å². The molecule has 0 spiro atoms. The van der Waals surface area contributed by atoms with E-state index in [9.17, 15) is 4.79 Å². The number of carbonyl (C=O) groups is 1. The maximum atomic E-state index is 12.3. The molecule has 0 aromatic heterocycles. The highest BCUT2D eigenvalue weighted by atomic mass is 16.1.